The number of carbonyl (C=O) groups is 2. The lowest BCUT2D eigenvalue weighted by Gasteiger charge is -2.47. The quantitative estimate of drug-likeness (QED) is 0.716. The molecular weight excluding hydrogens is 353 g/mol. The fourth-order valence-electron chi connectivity index (χ4n) is 3.79. The summed E-state index contributed by atoms with van der Waals surface area (Å²) in [4.78, 5) is 26.6. The largest absolute Gasteiger partial charge is 0.478 e. The zero-order chi connectivity index (χ0) is 19.7. The summed E-state index contributed by atoms with van der Waals surface area (Å²) in [6.45, 7) is 4.29. The molecule has 2 unspecified atom stereocenters. The standard InChI is InChI=1S/C18H26FN5O3/c1-11-8-14(12(18(26)27)9-13(11)19)21-17(25)15-4-5-16(23(3)22(15)2)24-7-6-20-10-24/h8-9,15-16,20H,4-7,10H2,1-3H3,(H,21,25)(H,26,27). The van der Waals surface area contributed by atoms with Crippen molar-refractivity contribution in [3.05, 3.63) is 29.1 Å². The number of aryl methyl sites for hydroxylation is 1. The molecule has 148 valence electrons. The summed E-state index contributed by atoms with van der Waals surface area (Å²) in [5, 5.41) is 19.2. The number of carboxylic acid groups (broad SMARTS) is 1. The highest BCUT2D eigenvalue weighted by atomic mass is 19.1. The Morgan fingerprint density at radius 2 is 2.00 bits per heavy atom. The van der Waals surface area contributed by atoms with Gasteiger partial charge in [0.2, 0.25) is 5.91 Å². The van der Waals surface area contributed by atoms with E-state index in [1.807, 2.05) is 19.1 Å². The highest BCUT2D eigenvalue weighted by Crippen LogP contribution is 2.26. The molecule has 1 aromatic carbocycles. The number of halogens is 1. The van der Waals surface area contributed by atoms with Gasteiger partial charge in [0.15, 0.2) is 0 Å². The predicted molar refractivity (Wildman–Crippen MR) is 98.6 cm³/mol. The van der Waals surface area contributed by atoms with Gasteiger partial charge in [-0.2, -0.15) is 0 Å². The van der Waals surface area contributed by atoms with Gasteiger partial charge < -0.3 is 15.7 Å². The fourth-order valence-corrected chi connectivity index (χ4v) is 3.79. The molecule has 1 aromatic rings. The Morgan fingerprint density at radius 1 is 1.26 bits per heavy atom. The van der Waals surface area contributed by atoms with Crippen molar-refractivity contribution in [3.63, 3.8) is 0 Å². The average Bonchev–Trinajstić information content (AvgIpc) is 3.14. The van der Waals surface area contributed by atoms with E-state index in [1.54, 1.807) is 0 Å². The summed E-state index contributed by atoms with van der Waals surface area (Å²) in [6.07, 6.45) is 1.70. The molecule has 2 atom stereocenters. The van der Waals surface area contributed by atoms with E-state index >= 15 is 0 Å². The number of hydrogen-bond donors (Lipinski definition) is 3. The van der Waals surface area contributed by atoms with Crippen LogP contribution in [-0.2, 0) is 4.79 Å². The second kappa shape index (κ2) is 7.89. The van der Waals surface area contributed by atoms with Gasteiger partial charge in [-0.1, -0.05) is 0 Å². The van der Waals surface area contributed by atoms with E-state index in [4.69, 9.17) is 0 Å². The Bertz CT molecular complexity index is 738. The number of hydrazine groups is 1. The molecule has 2 aliphatic heterocycles. The van der Waals surface area contributed by atoms with Crippen LogP contribution in [0.25, 0.3) is 0 Å². The van der Waals surface area contributed by atoms with Crippen LogP contribution in [0.2, 0.25) is 0 Å². The average molecular weight is 379 g/mol. The third kappa shape index (κ3) is 3.96. The van der Waals surface area contributed by atoms with Gasteiger partial charge in [-0.05, 0) is 37.5 Å². The van der Waals surface area contributed by atoms with Crippen LogP contribution in [0.15, 0.2) is 12.1 Å². The number of nitrogens with one attached hydrogen (secondary N) is 2. The van der Waals surface area contributed by atoms with Crippen molar-refractivity contribution in [1.82, 2.24) is 20.2 Å². The summed E-state index contributed by atoms with van der Waals surface area (Å²) in [6, 6.07) is 1.89. The summed E-state index contributed by atoms with van der Waals surface area (Å²) in [7, 11) is 3.81. The van der Waals surface area contributed by atoms with Crippen LogP contribution in [0, 0.1) is 12.7 Å². The van der Waals surface area contributed by atoms with E-state index in [0.717, 1.165) is 32.2 Å². The van der Waals surface area contributed by atoms with E-state index in [2.05, 4.69) is 20.5 Å². The number of carboxylic acids is 1. The summed E-state index contributed by atoms with van der Waals surface area (Å²) in [5.74, 6) is -2.18. The molecule has 0 aromatic heterocycles. The van der Waals surface area contributed by atoms with Crippen LogP contribution >= 0.6 is 0 Å². The lowest BCUT2D eigenvalue weighted by Crippen LogP contribution is -2.61. The third-order valence-corrected chi connectivity index (χ3v) is 5.48. The maximum absolute atomic E-state index is 13.7. The van der Waals surface area contributed by atoms with Crippen molar-refractivity contribution in [3.8, 4) is 0 Å². The van der Waals surface area contributed by atoms with Crippen molar-refractivity contribution in [1.29, 1.82) is 0 Å². The number of anilines is 1. The molecule has 2 heterocycles. The monoisotopic (exact) mass is 379 g/mol. The first kappa shape index (κ1) is 19.7. The van der Waals surface area contributed by atoms with Gasteiger partial charge >= 0.3 is 5.97 Å². The molecule has 0 bridgehead atoms. The van der Waals surface area contributed by atoms with Crippen molar-refractivity contribution < 1.29 is 19.1 Å². The van der Waals surface area contributed by atoms with Crippen molar-refractivity contribution >= 4 is 17.6 Å². The number of aromatic carboxylic acids is 1. The molecule has 2 fully saturated rings. The Hall–Kier alpha value is -2.07. The molecule has 0 spiro atoms. The van der Waals surface area contributed by atoms with E-state index in [0.29, 0.717) is 6.42 Å². The Kier molecular flexibility index (Phi) is 5.75. The second-order valence-electron chi connectivity index (χ2n) is 7.13. The molecule has 3 N–H and O–H groups in total. The SMILES string of the molecule is Cc1cc(NC(=O)C2CCC(N3CCNC3)N(C)N2C)c(C(=O)O)cc1F. The number of rotatable bonds is 4. The lowest BCUT2D eigenvalue weighted by molar-refractivity contribution is -0.152. The number of nitrogens with zero attached hydrogens (tertiary/aromatic N) is 3. The van der Waals surface area contributed by atoms with Crippen molar-refractivity contribution in [2.45, 2.75) is 32.0 Å². The Morgan fingerprint density at radius 3 is 2.63 bits per heavy atom. The highest BCUT2D eigenvalue weighted by molar-refractivity contribution is 6.02. The van der Waals surface area contributed by atoms with Gasteiger partial charge in [0, 0.05) is 33.9 Å². The minimum absolute atomic E-state index is 0.119. The molecule has 0 aliphatic carbocycles. The van der Waals surface area contributed by atoms with Gasteiger partial charge in [-0.3, -0.25) is 9.69 Å². The van der Waals surface area contributed by atoms with Crippen LogP contribution in [0.4, 0.5) is 10.1 Å². The number of hydrogen-bond acceptors (Lipinski definition) is 6. The normalized spacial score (nSPS) is 24.9. The molecule has 9 heteroatoms. The molecule has 0 radical (unpaired) electrons. The number of amides is 1. The van der Waals surface area contributed by atoms with E-state index < -0.39 is 17.8 Å². The third-order valence-electron chi connectivity index (χ3n) is 5.48. The topological polar surface area (TPSA) is 88.2 Å². The summed E-state index contributed by atoms with van der Waals surface area (Å²) < 4.78 is 13.7. The molecule has 1 amide bonds. The molecule has 27 heavy (non-hydrogen) atoms. The van der Waals surface area contributed by atoms with Gasteiger partial charge in [-0.15, -0.1) is 0 Å². The van der Waals surface area contributed by atoms with Crippen LogP contribution < -0.4 is 10.6 Å². The molecular formula is C18H26FN5O3. The zero-order valence-electron chi connectivity index (χ0n) is 15.8. The van der Waals surface area contributed by atoms with E-state index in [1.165, 1.54) is 13.0 Å². The molecule has 2 saturated heterocycles. The molecule has 2 aliphatic rings. The minimum atomic E-state index is -1.28. The van der Waals surface area contributed by atoms with Crippen molar-refractivity contribution in [2.24, 2.45) is 0 Å². The first-order valence-corrected chi connectivity index (χ1v) is 9.04. The molecule has 3 rings (SSSR count). The highest BCUT2D eigenvalue weighted by Gasteiger charge is 2.38. The van der Waals surface area contributed by atoms with Crippen LogP contribution in [0.1, 0.15) is 28.8 Å². The van der Waals surface area contributed by atoms with Gasteiger partial charge in [0.05, 0.1) is 17.4 Å². The Balaban J connectivity index is 1.73. The summed E-state index contributed by atoms with van der Waals surface area (Å²) >= 11 is 0. The molecule has 8 nitrogen and oxygen atoms in total. The first-order valence-electron chi connectivity index (χ1n) is 9.04. The minimum Gasteiger partial charge on any atom is -0.478 e. The lowest BCUT2D eigenvalue weighted by atomic mass is 10.0. The van der Waals surface area contributed by atoms with Gasteiger partial charge in [-0.25, -0.2) is 19.2 Å². The second-order valence-corrected chi connectivity index (χ2v) is 7.13. The Labute approximate surface area is 157 Å². The first-order chi connectivity index (χ1) is 12.8. The maximum atomic E-state index is 13.7. The van der Waals surface area contributed by atoms with Crippen LogP contribution in [0.5, 0.6) is 0 Å². The fraction of sp³-hybridized carbons (Fsp3) is 0.556. The summed E-state index contributed by atoms with van der Waals surface area (Å²) in [5.41, 5.74) is 0.151. The number of likely N-dealkylation sites (N-methyl/N-ethyl adjacent to an activating group) is 1. The van der Waals surface area contributed by atoms with Crippen molar-refractivity contribution in [2.75, 3.05) is 39.2 Å². The smallest absolute Gasteiger partial charge is 0.337 e. The predicted octanol–water partition coefficient (Wildman–Crippen LogP) is 0.901. The van der Waals surface area contributed by atoms with Crippen LogP contribution in [0.3, 0.4) is 0 Å². The number of benzene rings is 1. The van der Waals surface area contributed by atoms with E-state index in [9.17, 15) is 19.1 Å². The van der Waals surface area contributed by atoms with Gasteiger partial charge in [0.1, 0.15) is 11.9 Å². The molecule has 0 saturated carbocycles. The van der Waals surface area contributed by atoms with Crippen LogP contribution in [-0.4, -0.2) is 78.0 Å². The van der Waals surface area contributed by atoms with Gasteiger partial charge in [0.25, 0.3) is 0 Å². The zero-order valence-corrected chi connectivity index (χ0v) is 15.8. The number of carbonyl (C=O) groups excluding carboxylic acids is 1. The van der Waals surface area contributed by atoms with E-state index in [-0.39, 0.29) is 28.9 Å². The maximum Gasteiger partial charge on any atom is 0.337 e.